The van der Waals surface area contributed by atoms with Crippen molar-refractivity contribution in [2.45, 2.75) is 19.5 Å². The van der Waals surface area contributed by atoms with Crippen molar-refractivity contribution in [2.24, 2.45) is 7.05 Å². The second-order valence-electron chi connectivity index (χ2n) is 7.05. The Bertz CT molecular complexity index is 1260. The van der Waals surface area contributed by atoms with E-state index in [-0.39, 0.29) is 12.2 Å². The molecule has 8 heteroatoms. The molecule has 30 heavy (non-hydrogen) atoms. The van der Waals surface area contributed by atoms with Crippen molar-refractivity contribution in [1.82, 2.24) is 19.7 Å². The summed E-state index contributed by atoms with van der Waals surface area (Å²) in [5, 5.41) is 5.01. The van der Waals surface area contributed by atoms with Crippen LogP contribution < -0.4 is 0 Å². The van der Waals surface area contributed by atoms with Gasteiger partial charge in [0.25, 0.3) is 0 Å². The number of nitrogens with zero attached hydrogens (tertiary/aromatic N) is 4. The number of alkyl halides is 3. The van der Waals surface area contributed by atoms with Gasteiger partial charge in [-0.1, -0.05) is 18.2 Å². The summed E-state index contributed by atoms with van der Waals surface area (Å²) in [5.74, 6) is -0.174. The Morgan fingerprint density at radius 1 is 1.10 bits per heavy atom. The largest absolute Gasteiger partial charge is 0.433 e. The number of hydrogen-bond acceptors (Lipinski definition) is 4. The molecule has 1 aromatic carbocycles. The van der Waals surface area contributed by atoms with Gasteiger partial charge in [-0.15, -0.1) is 0 Å². The average Bonchev–Trinajstić information content (AvgIpc) is 3.12. The topological polar surface area (TPSA) is 60.7 Å². The van der Waals surface area contributed by atoms with Crippen molar-refractivity contribution < 1.29 is 18.0 Å². The van der Waals surface area contributed by atoms with Crippen LogP contribution >= 0.6 is 0 Å². The Kier molecular flexibility index (Phi) is 4.85. The van der Waals surface area contributed by atoms with Gasteiger partial charge in [-0.2, -0.15) is 18.3 Å². The van der Waals surface area contributed by atoms with E-state index in [1.54, 1.807) is 36.1 Å². The molecule has 0 aliphatic rings. The van der Waals surface area contributed by atoms with Gasteiger partial charge in [0, 0.05) is 43.2 Å². The lowest BCUT2D eigenvalue weighted by Crippen LogP contribution is -2.09. The smallest absolute Gasteiger partial charge is 0.293 e. The fourth-order valence-electron chi connectivity index (χ4n) is 3.31. The number of halogens is 3. The van der Waals surface area contributed by atoms with E-state index in [4.69, 9.17) is 0 Å². The van der Waals surface area contributed by atoms with Crippen molar-refractivity contribution in [3.05, 3.63) is 77.5 Å². The molecule has 3 heterocycles. The van der Waals surface area contributed by atoms with Gasteiger partial charge in [-0.05, 0) is 35.4 Å². The first-order valence-corrected chi connectivity index (χ1v) is 9.17. The number of hydrogen-bond donors (Lipinski definition) is 0. The van der Waals surface area contributed by atoms with Crippen LogP contribution in [0.4, 0.5) is 13.2 Å². The number of aryl methyl sites for hydroxylation is 1. The molecule has 0 bridgehead atoms. The van der Waals surface area contributed by atoms with Crippen molar-refractivity contribution in [3.63, 3.8) is 0 Å². The third kappa shape index (κ3) is 3.94. The summed E-state index contributed by atoms with van der Waals surface area (Å²) < 4.78 is 40.5. The molecular weight excluding hydrogens is 393 g/mol. The third-order valence-electron chi connectivity index (χ3n) is 4.73. The highest BCUT2D eigenvalue weighted by atomic mass is 19.4. The van der Waals surface area contributed by atoms with Gasteiger partial charge in [0.2, 0.25) is 0 Å². The summed E-state index contributed by atoms with van der Waals surface area (Å²) in [6.07, 6.45) is -0.720. The van der Waals surface area contributed by atoms with Crippen LogP contribution in [0.3, 0.4) is 0 Å². The van der Waals surface area contributed by atoms with Crippen LogP contribution in [-0.2, 0) is 19.6 Å². The summed E-state index contributed by atoms with van der Waals surface area (Å²) in [4.78, 5) is 20.2. The minimum atomic E-state index is -4.49. The number of rotatable bonds is 4. The quantitative estimate of drug-likeness (QED) is 0.452. The first-order chi connectivity index (χ1) is 14.2. The molecule has 0 amide bonds. The van der Waals surface area contributed by atoms with Gasteiger partial charge in [-0.3, -0.25) is 9.48 Å². The zero-order valence-electron chi connectivity index (χ0n) is 16.2. The summed E-state index contributed by atoms with van der Waals surface area (Å²) in [5.41, 5.74) is 2.71. The predicted molar refractivity (Wildman–Crippen MR) is 106 cm³/mol. The molecule has 0 atom stereocenters. The molecule has 0 radical (unpaired) electrons. The molecular formula is C22H17F3N4O. The number of benzene rings is 1. The molecule has 0 saturated carbocycles. The van der Waals surface area contributed by atoms with Crippen LogP contribution in [0.5, 0.6) is 0 Å². The number of carbonyl (C=O) groups excluding carboxylic acids is 1. The fourth-order valence-corrected chi connectivity index (χ4v) is 3.31. The normalized spacial score (nSPS) is 11.8. The number of fused-ring (bicyclic) bond motifs is 1. The third-order valence-corrected chi connectivity index (χ3v) is 4.73. The highest BCUT2D eigenvalue weighted by Crippen LogP contribution is 2.30. The lowest BCUT2D eigenvalue weighted by Gasteiger charge is -2.10. The molecule has 0 saturated heterocycles. The van der Waals surface area contributed by atoms with Crippen LogP contribution in [0.1, 0.15) is 34.4 Å². The summed E-state index contributed by atoms with van der Waals surface area (Å²) in [6.45, 7) is 1.44. The molecule has 0 N–H and O–H groups in total. The van der Waals surface area contributed by atoms with Gasteiger partial charge < -0.3 is 0 Å². The van der Waals surface area contributed by atoms with Gasteiger partial charge in [0.15, 0.2) is 5.78 Å². The van der Waals surface area contributed by atoms with E-state index in [0.717, 1.165) is 28.1 Å². The second kappa shape index (κ2) is 7.37. The highest BCUT2D eigenvalue weighted by Gasteiger charge is 2.32. The minimum Gasteiger partial charge on any atom is -0.293 e. The van der Waals surface area contributed by atoms with Crippen LogP contribution in [-0.4, -0.2) is 25.5 Å². The Balaban J connectivity index is 1.78. The second-order valence-corrected chi connectivity index (χ2v) is 7.05. The molecule has 4 aromatic rings. The van der Waals surface area contributed by atoms with Crippen molar-refractivity contribution >= 4 is 16.7 Å². The van der Waals surface area contributed by atoms with E-state index in [0.29, 0.717) is 16.9 Å². The standard InChI is InChI=1S/C22H17F3N4O/c1-13(30)19-10-18(15-11-26-29(2)12-15)17-7-6-14(9-20(17)28-19)8-16-4-3-5-21(27-16)22(23,24)25/h3-7,9-12H,8H2,1-2H3. The molecule has 0 unspecified atom stereocenters. The number of aromatic nitrogens is 4. The number of pyridine rings is 2. The van der Waals surface area contributed by atoms with E-state index in [2.05, 4.69) is 15.1 Å². The van der Waals surface area contributed by atoms with Crippen molar-refractivity contribution in [2.75, 3.05) is 0 Å². The Morgan fingerprint density at radius 3 is 2.57 bits per heavy atom. The lowest BCUT2D eigenvalue weighted by molar-refractivity contribution is -0.141. The van der Waals surface area contributed by atoms with E-state index in [1.165, 1.54) is 13.0 Å². The molecule has 4 rings (SSSR count). The van der Waals surface area contributed by atoms with E-state index in [9.17, 15) is 18.0 Å². The fraction of sp³-hybridized carbons (Fsp3) is 0.182. The summed E-state index contributed by atoms with van der Waals surface area (Å²) in [6, 6.07) is 11.1. The minimum absolute atomic E-state index is 0.174. The van der Waals surface area contributed by atoms with Crippen LogP contribution in [0.2, 0.25) is 0 Å². The van der Waals surface area contributed by atoms with Crippen LogP contribution in [0, 0.1) is 0 Å². The highest BCUT2D eigenvalue weighted by molar-refractivity contribution is 6.01. The first-order valence-electron chi connectivity index (χ1n) is 9.17. The molecule has 0 aliphatic heterocycles. The maximum absolute atomic E-state index is 12.9. The first kappa shape index (κ1) is 19.8. The van der Waals surface area contributed by atoms with E-state index in [1.807, 2.05) is 18.3 Å². The van der Waals surface area contributed by atoms with E-state index >= 15 is 0 Å². The summed E-state index contributed by atoms with van der Waals surface area (Å²) >= 11 is 0. The van der Waals surface area contributed by atoms with Gasteiger partial charge in [-0.25, -0.2) is 9.97 Å². The molecule has 5 nitrogen and oxygen atoms in total. The zero-order chi connectivity index (χ0) is 21.5. The lowest BCUT2D eigenvalue weighted by atomic mass is 9.99. The molecule has 152 valence electrons. The van der Waals surface area contributed by atoms with Gasteiger partial charge >= 0.3 is 6.18 Å². The summed E-state index contributed by atoms with van der Waals surface area (Å²) in [7, 11) is 1.80. The Morgan fingerprint density at radius 2 is 1.90 bits per heavy atom. The average molecular weight is 410 g/mol. The molecule has 3 aromatic heterocycles. The Hall–Kier alpha value is -3.55. The number of Topliss-reactive ketones (excluding diaryl/α,β-unsaturated/α-hetero) is 1. The van der Waals surface area contributed by atoms with Crippen molar-refractivity contribution in [1.29, 1.82) is 0 Å². The molecule has 0 spiro atoms. The molecule has 0 aliphatic carbocycles. The van der Waals surface area contributed by atoms with E-state index < -0.39 is 11.9 Å². The maximum Gasteiger partial charge on any atom is 0.433 e. The molecule has 0 fully saturated rings. The monoisotopic (exact) mass is 410 g/mol. The Labute approximate surface area is 170 Å². The van der Waals surface area contributed by atoms with Crippen LogP contribution in [0.15, 0.2) is 54.9 Å². The van der Waals surface area contributed by atoms with Gasteiger partial charge in [0.05, 0.1) is 11.7 Å². The van der Waals surface area contributed by atoms with Crippen molar-refractivity contribution in [3.8, 4) is 11.1 Å². The number of ketones is 1. The maximum atomic E-state index is 12.9. The SMILES string of the molecule is CC(=O)c1cc(-c2cnn(C)c2)c2ccc(Cc3cccc(C(F)(F)F)n3)cc2n1. The number of carbonyl (C=O) groups is 1. The predicted octanol–water partition coefficient (Wildman–Crippen LogP) is 4.84. The van der Waals surface area contributed by atoms with Gasteiger partial charge in [0.1, 0.15) is 11.4 Å². The zero-order valence-corrected chi connectivity index (χ0v) is 16.2. The van der Waals surface area contributed by atoms with Crippen LogP contribution in [0.25, 0.3) is 22.0 Å².